The number of rotatable bonds is 1. The zero-order valence-corrected chi connectivity index (χ0v) is 13.2. The van der Waals surface area contributed by atoms with Crippen LogP contribution in [0.1, 0.15) is 21.8 Å². The lowest BCUT2D eigenvalue weighted by Gasteiger charge is -2.21. The number of aromatic nitrogens is 1. The molecule has 7 heteroatoms. The van der Waals surface area contributed by atoms with Gasteiger partial charge in [0.2, 0.25) is 5.76 Å². The molecule has 114 valence electrons. The number of aryl methyl sites for hydroxylation is 1. The molecule has 3 rings (SSSR count). The number of amides is 1. The van der Waals surface area contributed by atoms with E-state index in [2.05, 4.69) is 10.3 Å². The number of carbonyl (C=O) groups excluding carboxylic acids is 1. The van der Waals surface area contributed by atoms with Crippen molar-refractivity contribution in [2.75, 3.05) is 18.0 Å². The molecule has 0 bridgehead atoms. The molecule has 0 aliphatic carbocycles. The van der Waals surface area contributed by atoms with Gasteiger partial charge in [-0.3, -0.25) is 4.79 Å². The first-order valence-corrected chi connectivity index (χ1v) is 6.28. The number of halogens is 2. The second kappa shape index (κ2) is 7.45. The summed E-state index contributed by atoms with van der Waals surface area (Å²) < 4.78 is 5.21. The van der Waals surface area contributed by atoms with Crippen molar-refractivity contribution in [2.45, 2.75) is 13.5 Å². The number of nitrogens with zero attached hydrogens (tertiary/aromatic N) is 2. The Kier molecular flexibility index (Phi) is 6.20. The monoisotopic (exact) mass is 329 g/mol. The summed E-state index contributed by atoms with van der Waals surface area (Å²) in [6.45, 7) is 3.93. The van der Waals surface area contributed by atoms with Gasteiger partial charge in [-0.05, 0) is 18.6 Å². The lowest BCUT2D eigenvalue weighted by atomic mass is 10.1. The molecule has 1 aliphatic rings. The normalized spacial score (nSPS) is 13.5. The van der Waals surface area contributed by atoms with Crippen LogP contribution in [-0.2, 0) is 6.54 Å². The Balaban J connectivity index is 0.00000110. The minimum Gasteiger partial charge on any atom is -0.438 e. The van der Waals surface area contributed by atoms with Crippen LogP contribution in [0.25, 0.3) is 0 Å². The van der Waals surface area contributed by atoms with Gasteiger partial charge in [-0.1, -0.05) is 18.2 Å². The van der Waals surface area contributed by atoms with E-state index in [0.717, 1.165) is 24.3 Å². The number of fused-ring (bicyclic) bond motifs is 1. The number of para-hydroxylation sites is 1. The highest BCUT2D eigenvalue weighted by Crippen LogP contribution is 2.24. The van der Waals surface area contributed by atoms with E-state index < -0.39 is 0 Å². The third-order valence-electron chi connectivity index (χ3n) is 3.29. The lowest BCUT2D eigenvalue weighted by molar-refractivity contribution is 0.0960. The van der Waals surface area contributed by atoms with Crippen LogP contribution < -0.4 is 10.2 Å². The second-order valence-electron chi connectivity index (χ2n) is 4.53. The molecule has 1 aromatic heterocycles. The molecule has 0 atom stereocenters. The van der Waals surface area contributed by atoms with Gasteiger partial charge in [-0.25, -0.2) is 4.98 Å². The fraction of sp³-hybridized carbons (Fsp3) is 0.286. The molecule has 0 unspecified atom stereocenters. The van der Waals surface area contributed by atoms with E-state index in [1.807, 2.05) is 24.3 Å². The number of carbonyl (C=O) groups is 1. The van der Waals surface area contributed by atoms with Crippen molar-refractivity contribution in [3.05, 3.63) is 47.7 Å². The smallest absolute Gasteiger partial charge is 0.296 e. The standard InChI is InChI=1S/C14H15N3O2.2ClH/c1-10-13(19-9-16-10)14(18)17-7-6-15-8-11-4-2-3-5-12(11)17;;/h2-5,9,15H,6-8H2,1H3;2*1H. The Bertz CT molecular complexity index is 616. The van der Waals surface area contributed by atoms with Crippen LogP contribution in [0.2, 0.25) is 0 Å². The van der Waals surface area contributed by atoms with Gasteiger partial charge in [0.25, 0.3) is 5.91 Å². The molecular formula is C14H17Cl2N3O2. The van der Waals surface area contributed by atoms with Gasteiger partial charge in [0.1, 0.15) is 0 Å². The van der Waals surface area contributed by atoms with Crippen molar-refractivity contribution in [2.24, 2.45) is 0 Å². The van der Waals surface area contributed by atoms with Crippen molar-refractivity contribution in [3.8, 4) is 0 Å². The van der Waals surface area contributed by atoms with Crippen molar-refractivity contribution in [3.63, 3.8) is 0 Å². The summed E-state index contributed by atoms with van der Waals surface area (Å²) in [6.07, 6.45) is 1.31. The molecule has 5 nitrogen and oxygen atoms in total. The van der Waals surface area contributed by atoms with E-state index in [9.17, 15) is 4.79 Å². The molecule has 1 aliphatic heterocycles. The van der Waals surface area contributed by atoms with E-state index in [4.69, 9.17) is 4.42 Å². The van der Waals surface area contributed by atoms with Crippen molar-refractivity contribution < 1.29 is 9.21 Å². The summed E-state index contributed by atoms with van der Waals surface area (Å²) in [4.78, 5) is 18.3. The Labute approximate surface area is 135 Å². The zero-order chi connectivity index (χ0) is 13.2. The van der Waals surface area contributed by atoms with Gasteiger partial charge in [0.05, 0.1) is 5.69 Å². The van der Waals surface area contributed by atoms with Gasteiger partial charge in [-0.2, -0.15) is 0 Å². The minimum atomic E-state index is -0.133. The maximum absolute atomic E-state index is 12.6. The van der Waals surface area contributed by atoms with Crippen LogP contribution in [0.15, 0.2) is 35.1 Å². The molecule has 1 aromatic carbocycles. The highest BCUT2D eigenvalue weighted by Gasteiger charge is 2.25. The van der Waals surface area contributed by atoms with E-state index >= 15 is 0 Å². The van der Waals surface area contributed by atoms with Crippen LogP contribution in [0.4, 0.5) is 5.69 Å². The first-order valence-electron chi connectivity index (χ1n) is 6.28. The molecule has 0 spiro atoms. The summed E-state index contributed by atoms with van der Waals surface area (Å²) >= 11 is 0. The molecule has 0 fully saturated rings. The van der Waals surface area contributed by atoms with Crippen LogP contribution in [0, 0.1) is 6.92 Å². The summed E-state index contributed by atoms with van der Waals surface area (Å²) in [6, 6.07) is 7.92. The maximum Gasteiger partial charge on any atom is 0.296 e. The minimum absolute atomic E-state index is 0. The number of benzene rings is 1. The Morgan fingerprint density at radius 3 is 2.81 bits per heavy atom. The molecule has 0 saturated heterocycles. The van der Waals surface area contributed by atoms with Crippen LogP contribution in [-0.4, -0.2) is 24.0 Å². The van der Waals surface area contributed by atoms with E-state index in [1.165, 1.54) is 6.39 Å². The summed E-state index contributed by atoms with van der Waals surface area (Å²) in [5.74, 6) is 0.183. The number of anilines is 1. The topological polar surface area (TPSA) is 58.4 Å². The average Bonchev–Trinajstić information content (AvgIpc) is 2.74. The average molecular weight is 330 g/mol. The number of hydrogen-bond donors (Lipinski definition) is 1. The predicted octanol–water partition coefficient (Wildman–Crippen LogP) is 2.58. The quantitative estimate of drug-likeness (QED) is 0.873. The molecule has 21 heavy (non-hydrogen) atoms. The second-order valence-corrected chi connectivity index (χ2v) is 4.53. The van der Waals surface area contributed by atoms with Crippen LogP contribution >= 0.6 is 24.8 Å². The molecule has 2 heterocycles. The van der Waals surface area contributed by atoms with Gasteiger partial charge in [0, 0.05) is 25.3 Å². The van der Waals surface area contributed by atoms with E-state index in [-0.39, 0.29) is 30.7 Å². The SMILES string of the molecule is Cc1ncoc1C(=O)N1CCNCc2ccccc21.Cl.Cl. The largest absolute Gasteiger partial charge is 0.438 e. The molecule has 0 saturated carbocycles. The van der Waals surface area contributed by atoms with Crippen molar-refractivity contribution in [1.29, 1.82) is 0 Å². The lowest BCUT2D eigenvalue weighted by Crippen LogP contribution is -2.34. The summed E-state index contributed by atoms with van der Waals surface area (Å²) in [7, 11) is 0. The highest BCUT2D eigenvalue weighted by molar-refractivity contribution is 6.05. The van der Waals surface area contributed by atoms with Gasteiger partial charge >= 0.3 is 0 Å². The number of oxazole rings is 1. The Morgan fingerprint density at radius 1 is 1.33 bits per heavy atom. The predicted molar refractivity (Wildman–Crippen MR) is 85.6 cm³/mol. The first-order chi connectivity index (χ1) is 9.27. The molecular weight excluding hydrogens is 313 g/mol. The third-order valence-corrected chi connectivity index (χ3v) is 3.29. The van der Waals surface area contributed by atoms with Crippen molar-refractivity contribution in [1.82, 2.24) is 10.3 Å². The fourth-order valence-electron chi connectivity index (χ4n) is 2.30. The van der Waals surface area contributed by atoms with Crippen LogP contribution in [0.3, 0.4) is 0 Å². The summed E-state index contributed by atoms with van der Waals surface area (Å²) in [5.41, 5.74) is 2.68. The van der Waals surface area contributed by atoms with E-state index in [1.54, 1.807) is 11.8 Å². The molecule has 1 amide bonds. The molecule has 0 radical (unpaired) electrons. The first kappa shape index (κ1) is 17.5. The highest BCUT2D eigenvalue weighted by atomic mass is 35.5. The summed E-state index contributed by atoms with van der Waals surface area (Å²) in [5, 5.41) is 3.31. The number of nitrogens with one attached hydrogen (secondary N) is 1. The van der Waals surface area contributed by atoms with E-state index in [0.29, 0.717) is 18.0 Å². The third kappa shape index (κ3) is 3.37. The van der Waals surface area contributed by atoms with Gasteiger partial charge in [-0.15, -0.1) is 24.8 Å². The molecule has 1 N–H and O–H groups in total. The Morgan fingerprint density at radius 2 is 2.10 bits per heavy atom. The molecule has 2 aromatic rings. The zero-order valence-electron chi connectivity index (χ0n) is 11.5. The number of hydrogen-bond acceptors (Lipinski definition) is 4. The maximum atomic E-state index is 12.6. The fourth-order valence-corrected chi connectivity index (χ4v) is 2.30. The Hall–Kier alpha value is -1.56. The van der Waals surface area contributed by atoms with Crippen LogP contribution in [0.5, 0.6) is 0 Å². The van der Waals surface area contributed by atoms with Gasteiger partial charge in [0.15, 0.2) is 6.39 Å². The van der Waals surface area contributed by atoms with Gasteiger partial charge < -0.3 is 14.6 Å². The van der Waals surface area contributed by atoms with Crippen molar-refractivity contribution >= 4 is 36.4 Å².